The van der Waals surface area contributed by atoms with Crippen LogP contribution in [0.4, 0.5) is 0 Å². The van der Waals surface area contributed by atoms with Crippen LogP contribution in [0.1, 0.15) is 25.7 Å². The highest BCUT2D eigenvalue weighted by Gasteiger charge is 2.57. The summed E-state index contributed by atoms with van der Waals surface area (Å²) in [6.07, 6.45) is 7.35. The maximum atomic E-state index is 5.52. The Morgan fingerprint density at radius 2 is 1.67 bits per heavy atom. The van der Waals surface area contributed by atoms with Crippen molar-refractivity contribution in [2.75, 3.05) is 0 Å². The second-order valence-corrected chi connectivity index (χ2v) is 3.75. The summed E-state index contributed by atoms with van der Waals surface area (Å²) < 4.78 is 5.52. The minimum absolute atomic E-state index is 0.734. The lowest BCUT2D eigenvalue weighted by Gasteiger charge is -2.20. The van der Waals surface area contributed by atoms with Crippen LogP contribution in [0.3, 0.4) is 0 Å². The fourth-order valence-electron chi connectivity index (χ4n) is 2.76. The molecule has 9 heavy (non-hydrogen) atoms. The molecule has 3 rings (SSSR count). The van der Waals surface area contributed by atoms with Gasteiger partial charge in [0, 0.05) is 0 Å². The molecule has 0 aromatic heterocycles. The van der Waals surface area contributed by atoms with Gasteiger partial charge in [-0.1, -0.05) is 6.42 Å². The Kier molecular flexibility index (Phi) is 0.704. The second kappa shape index (κ2) is 1.34. The van der Waals surface area contributed by atoms with Crippen molar-refractivity contribution in [3.8, 4) is 0 Å². The Bertz CT molecular complexity index is 130. The topological polar surface area (TPSA) is 12.5 Å². The van der Waals surface area contributed by atoms with Crippen molar-refractivity contribution in [1.82, 2.24) is 0 Å². The molecule has 0 radical (unpaired) electrons. The van der Waals surface area contributed by atoms with E-state index in [1.165, 1.54) is 25.7 Å². The lowest BCUT2D eigenvalue weighted by molar-refractivity contribution is 0.171. The zero-order valence-electron chi connectivity index (χ0n) is 5.55. The molecule has 0 aromatic rings. The van der Waals surface area contributed by atoms with Gasteiger partial charge in [-0.2, -0.15) is 0 Å². The first-order valence-electron chi connectivity index (χ1n) is 4.10. The van der Waals surface area contributed by atoms with Gasteiger partial charge in [0.25, 0.3) is 0 Å². The van der Waals surface area contributed by atoms with Crippen LogP contribution in [-0.4, -0.2) is 12.2 Å². The lowest BCUT2D eigenvalue weighted by atomic mass is 9.88. The van der Waals surface area contributed by atoms with Crippen LogP contribution in [0.5, 0.6) is 0 Å². The fraction of sp³-hybridized carbons (Fsp3) is 1.00. The number of hydrogen-bond donors (Lipinski definition) is 0. The van der Waals surface area contributed by atoms with E-state index in [1.807, 2.05) is 0 Å². The molecule has 1 nitrogen and oxygen atoms in total. The maximum Gasteiger partial charge on any atom is 0.0872 e. The summed E-state index contributed by atoms with van der Waals surface area (Å²) in [6, 6.07) is 0. The quantitative estimate of drug-likeness (QED) is 0.446. The Morgan fingerprint density at radius 3 is 2.22 bits per heavy atom. The minimum atomic E-state index is 0.734. The molecule has 1 heterocycles. The van der Waals surface area contributed by atoms with E-state index < -0.39 is 0 Å². The number of ether oxygens (including phenoxy) is 1. The zero-order chi connectivity index (χ0) is 5.84. The molecule has 1 saturated heterocycles. The second-order valence-electron chi connectivity index (χ2n) is 3.75. The molecule has 2 saturated carbocycles. The summed E-state index contributed by atoms with van der Waals surface area (Å²) in [5.41, 5.74) is 0. The molecule has 3 aliphatic rings. The smallest absolute Gasteiger partial charge is 0.0872 e. The van der Waals surface area contributed by atoms with Crippen molar-refractivity contribution in [3.63, 3.8) is 0 Å². The van der Waals surface area contributed by atoms with E-state index in [2.05, 4.69) is 0 Å². The molecule has 1 aliphatic heterocycles. The van der Waals surface area contributed by atoms with E-state index in [0.717, 1.165) is 24.0 Å². The maximum absolute atomic E-state index is 5.52. The number of hydrogen-bond acceptors (Lipinski definition) is 1. The fourth-order valence-corrected chi connectivity index (χ4v) is 2.76. The summed E-state index contributed by atoms with van der Waals surface area (Å²) in [7, 11) is 0. The van der Waals surface area contributed by atoms with Crippen molar-refractivity contribution >= 4 is 0 Å². The third kappa shape index (κ3) is 0.493. The van der Waals surface area contributed by atoms with Crippen molar-refractivity contribution in [2.24, 2.45) is 11.8 Å². The van der Waals surface area contributed by atoms with E-state index in [1.54, 1.807) is 0 Å². The van der Waals surface area contributed by atoms with E-state index in [4.69, 9.17) is 4.74 Å². The van der Waals surface area contributed by atoms with Gasteiger partial charge in [0.2, 0.25) is 0 Å². The Hall–Kier alpha value is -0.0400. The summed E-state index contributed by atoms with van der Waals surface area (Å²) in [6.45, 7) is 0. The first kappa shape index (κ1) is 4.73. The lowest BCUT2D eigenvalue weighted by Crippen LogP contribution is -2.12. The molecule has 3 fully saturated rings. The van der Waals surface area contributed by atoms with Gasteiger partial charge in [-0.15, -0.1) is 0 Å². The highest BCUT2D eigenvalue weighted by atomic mass is 16.6. The number of epoxide rings is 1. The largest absolute Gasteiger partial charge is 0.369 e. The molecule has 0 aromatic carbocycles. The summed E-state index contributed by atoms with van der Waals surface area (Å²) in [4.78, 5) is 0. The van der Waals surface area contributed by atoms with E-state index in [0.29, 0.717) is 0 Å². The average molecular weight is 124 g/mol. The molecule has 0 amide bonds. The molecule has 4 atom stereocenters. The van der Waals surface area contributed by atoms with Crippen LogP contribution in [0.2, 0.25) is 0 Å². The van der Waals surface area contributed by atoms with E-state index in [9.17, 15) is 0 Å². The van der Waals surface area contributed by atoms with Crippen LogP contribution in [0, 0.1) is 11.8 Å². The summed E-state index contributed by atoms with van der Waals surface area (Å²) in [5, 5.41) is 0. The first-order chi connectivity index (χ1) is 4.45. The standard InChI is InChI=1S/C8H12O/c1-2-5-4-6(3-1)8-7(5)9-8/h5-8H,1-4H2. The van der Waals surface area contributed by atoms with Gasteiger partial charge in [-0.3, -0.25) is 0 Å². The van der Waals surface area contributed by atoms with E-state index >= 15 is 0 Å². The van der Waals surface area contributed by atoms with Crippen molar-refractivity contribution in [1.29, 1.82) is 0 Å². The molecule has 50 valence electrons. The molecular formula is C8H12O. The van der Waals surface area contributed by atoms with Gasteiger partial charge in [-0.05, 0) is 31.1 Å². The van der Waals surface area contributed by atoms with Crippen molar-refractivity contribution < 1.29 is 4.74 Å². The third-order valence-corrected chi connectivity index (χ3v) is 3.25. The predicted octanol–water partition coefficient (Wildman–Crippen LogP) is 1.57. The van der Waals surface area contributed by atoms with E-state index in [-0.39, 0.29) is 0 Å². The van der Waals surface area contributed by atoms with Crippen LogP contribution in [0.15, 0.2) is 0 Å². The summed E-state index contributed by atoms with van der Waals surface area (Å²) in [5.74, 6) is 1.96. The van der Waals surface area contributed by atoms with Gasteiger partial charge in [0.15, 0.2) is 0 Å². The summed E-state index contributed by atoms with van der Waals surface area (Å²) >= 11 is 0. The minimum Gasteiger partial charge on any atom is -0.369 e. The van der Waals surface area contributed by atoms with Gasteiger partial charge in [-0.25, -0.2) is 0 Å². The molecule has 1 heteroatoms. The first-order valence-corrected chi connectivity index (χ1v) is 4.10. The molecule has 2 aliphatic carbocycles. The highest BCUT2D eigenvalue weighted by molar-refractivity contribution is 5.04. The van der Waals surface area contributed by atoms with Crippen LogP contribution in [0.25, 0.3) is 0 Å². The van der Waals surface area contributed by atoms with Crippen molar-refractivity contribution in [2.45, 2.75) is 37.9 Å². The zero-order valence-corrected chi connectivity index (χ0v) is 5.55. The molecule has 2 bridgehead atoms. The molecule has 0 N–H and O–H groups in total. The van der Waals surface area contributed by atoms with Crippen LogP contribution >= 0.6 is 0 Å². The Labute approximate surface area is 55.4 Å². The monoisotopic (exact) mass is 124 g/mol. The highest BCUT2D eigenvalue weighted by Crippen LogP contribution is 2.53. The van der Waals surface area contributed by atoms with Gasteiger partial charge in [0.1, 0.15) is 0 Å². The number of rotatable bonds is 0. The Morgan fingerprint density at radius 1 is 1.00 bits per heavy atom. The predicted molar refractivity (Wildman–Crippen MR) is 34.1 cm³/mol. The molecule has 0 spiro atoms. The normalized spacial score (nSPS) is 61.3. The van der Waals surface area contributed by atoms with Gasteiger partial charge in [0.05, 0.1) is 12.2 Å². The van der Waals surface area contributed by atoms with Gasteiger partial charge >= 0.3 is 0 Å². The van der Waals surface area contributed by atoms with Gasteiger partial charge < -0.3 is 4.74 Å². The van der Waals surface area contributed by atoms with Crippen LogP contribution < -0.4 is 0 Å². The average Bonchev–Trinajstić information content (AvgIpc) is 2.62. The Balaban J connectivity index is 1.92. The number of fused-ring (bicyclic) bond motifs is 5. The molecule has 4 unspecified atom stereocenters. The SMILES string of the molecule is C1CC2CC(C1)C1OC21. The van der Waals surface area contributed by atoms with Crippen molar-refractivity contribution in [3.05, 3.63) is 0 Å². The molecular weight excluding hydrogens is 112 g/mol. The van der Waals surface area contributed by atoms with Crippen LogP contribution in [-0.2, 0) is 4.74 Å². The third-order valence-electron chi connectivity index (χ3n) is 3.25.